The van der Waals surface area contributed by atoms with Gasteiger partial charge < -0.3 is 15.3 Å². The van der Waals surface area contributed by atoms with Gasteiger partial charge in [0, 0.05) is 19.6 Å². The molecule has 1 saturated carbocycles. The molecule has 0 aromatic carbocycles. The molecule has 0 aromatic rings. The third kappa shape index (κ3) is 1.54. The molecule has 5 nitrogen and oxygen atoms in total. The van der Waals surface area contributed by atoms with Crippen LogP contribution in [0.25, 0.3) is 0 Å². The van der Waals surface area contributed by atoms with Gasteiger partial charge in [0.1, 0.15) is 0 Å². The topological polar surface area (TPSA) is 69.6 Å². The van der Waals surface area contributed by atoms with E-state index in [1.165, 1.54) is 0 Å². The van der Waals surface area contributed by atoms with Crippen LogP contribution in [0, 0.1) is 5.41 Å². The number of carbonyl (C=O) groups is 2. The van der Waals surface area contributed by atoms with E-state index in [4.69, 9.17) is 5.11 Å². The van der Waals surface area contributed by atoms with Crippen LogP contribution in [-0.4, -0.2) is 41.6 Å². The summed E-state index contributed by atoms with van der Waals surface area (Å²) in [6.07, 6.45) is 2.31. The van der Waals surface area contributed by atoms with E-state index in [-0.39, 0.29) is 6.03 Å². The molecular formula is C9H14N2O3. The van der Waals surface area contributed by atoms with Gasteiger partial charge in [-0.1, -0.05) is 0 Å². The van der Waals surface area contributed by atoms with Crippen LogP contribution in [0.15, 0.2) is 0 Å². The summed E-state index contributed by atoms with van der Waals surface area (Å²) < 4.78 is 0. The zero-order valence-electron chi connectivity index (χ0n) is 7.95. The van der Waals surface area contributed by atoms with Gasteiger partial charge in [0.25, 0.3) is 0 Å². The average molecular weight is 198 g/mol. The van der Waals surface area contributed by atoms with Crippen molar-refractivity contribution in [2.24, 2.45) is 5.41 Å². The van der Waals surface area contributed by atoms with Gasteiger partial charge in [0.05, 0.1) is 5.41 Å². The predicted molar refractivity (Wildman–Crippen MR) is 48.9 cm³/mol. The molecule has 2 N–H and O–H groups in total. The quantitative estimate of drug-likeness (QED) is 0.683. The molecule has 1 aliphatic carbocycles. The second-order valence-corrected chi connectivity index (χ2v) is 4.09. The maximum Gasteiger partial charge on any atom is 0.317 e. The Hall–Kier alpha value is -1.26. The number of nitrogens with one attached hydrogen (secondary N) is 1. The van der Waals surface area contributed by atoms with Crippen molar-refractivity contribution in [3.63, 3.8) is 0 Å². The number of rotatable bonds is 3. The Morgan fingerprint density at radius 3 is 2.79 bits per heavy atom. The molecule has 2 fully saturated rings. The van der Waals surface area contributed by atoms with Gasteiger partial charge in [-0.3, -0.25) is 4.79 Å². The van der Waals surface area contributed by atoms with E-state index in [1.54, 1.807) is 4.90 Å². The molecule has 78 valence electrons. The van der Waals surface area contributed by atoms with Gasteiger partial charge in [-0.05, 0) is 19.3 Å². The lowest BCUT2D eigenvalue weighted by Gasteiger charge is -2.29. The Morgan fingerprint density at radius 1 is 1.57 bits per heavy atom. The van der Waals surface area contributed by atoms with E-state index < -0.39 is 11.4 Å². The van der Waals surface area contributed by atoms with Crippen molar-refractivity contribution in [1.82, 2.24) is 10.2 Å². The van der Waals surface area contributed by atoms with Crippen molar-refractivity contribution in [2.45, 2.75) is 19.3 Å². The molecule has 0 aromatic heterocycles. The molecule has 14 heavy (non-hydrogen) atoms. The highest BCUT2D eigenvalue weighted by Gasteiger charge is 2.52. The molecule has 2 aliphatic rings. The summed E-state index contributed by atoms with van der Waals surface area (Å²) in [5.41, 5.74) is -0.630. The van der Waals surface area contributed by atoms with E-state index in [2.05, 4.69) is 5.32 Å². The predicted octanol–water partition coefficient (Wildman–Crippen LogP) is 0.266. The van der Waals surface area contributed by atoms with Crippen LogP contribution in [0.4, 0.5) is 4.79 Å². The number of carboxylic acids is 1. The first kappa shape index (κ1) is 9.30. The summed E-state index contributed by atoms with van der Waals surface area (Å²) in [5, 5.41) is 11.7. The highest BCUT2D eigenvalue weighted by molar-refractivity contribution is 5.80. The summed E-state index contributed by atoms with van der Waals surface area (Å²) in [7, 11) is 0. The average Bonchev–Trinajstić information content (AvgIpc) is 2.90. The number of aliphatic carboxylic acids is 1. The first-order valence-electron chi connectivity index (χ1n) is 4.90. The Balaban J connectivity index is 1.96. The zero-order valence-corrected chi connectivity index (χ0v) is 7.95. The first-order chi connectivity index (χ1) is 6.64. The summed E-state index contributed by atoms with van der Waals surface area (Å²) in [5.74, 6) is -0.768. The molecule has 0 spiro atoms. The highest BCUT2D eigenvalue weighted by atomic mass is 16.4. The van der Waals surface area contributed by atoms with Crippen molar-refractivity contribution in [2.75, 3.05) is 19.6 Å². The molecule has 1 saturated heterocycles. The highest BCUT2D eigenvalue weighted by Crippen LogP contribution is 2.46. The number of urea groups is 1. The zero-order chi connectivity index (χ0) is 10.2. The van der Waals surface area contributed by atoms with Gasteiger partial charge in [0.15, 0.2) is 0 Å². The minimum atomic E-state index is -0.768. The first-order valence-corrected chi connectivity index (χ1v) is 4.90. The van der Waals surface area contributed by atoms with Crippen molar-refractivity contribution in [3.05, 3.63) is 0 Å². The standard InChI is InChI=1S/C9H14N2O3/c12-7(13)9(2-3-9)6-11-5-1-4-10-8(11)14/h1-6H2,(H,10,14)(H,12,13). The molecule has 0 unspecified atom stereocenters. The van der Waals surface area contributed by atoms with Crippen LogP contribution >= 0.6 is 0 Å². The van der Waals surface area contributed by atoms with Gasteiger partial charge in [-0.25, -0.2) is 4.79 Å². The molecule has 0 bridgehead atoms. The van der Waals surface area contributed by atoms with Crippen LogP contribution in [0.1, 0.15) is 19.3 Å². The third-order valence-corrected chi connectivity index (χ3v) is 2.97. The fourth-order valence-electron chi connectivity index (χ4n) is 1.79. The van der Waals surface area contributed by atoms with E-state index in [0.717, 1.165) is 6.42 Å². The maximum absolute atomic E-state index is 11.3. The molecule has 5 heteroatoms. The van der Waals surface area contributed by atoms with E-state index in [9.17, 15) is 9.59 Å². The lowest BCUT2D eigenvalue weighted by molar-refractivity contribution is -0.143. The Bertz CT molecular complexity index is 273. The smallest absolute Gasteiger partial charge is 0.317 e. The van der Waals surface area contributed by atoms with Crippen LogP contribution in [-0.2, 0) is 4.79 Å². The fourth-order valence-corrected chi connectivity index (χ4v) is 1.79. The number of carboxylic acid groups (broad SMARTS) is 1. The van der Waals surface area contributed by atoms with Crippen LogP contribution in [0.3, 0.4) is 0 Å². The van der Waals surface area contributed by atoms with E-state index in [1.807, 2.05) is 0 Å². The van der Waals surface area contributed by atoms with Crippen molar-refractivity contribution in [3.8, 4) is 0 Å². The second-order valence-electron chi connectivity index (χ2n) is 4.09. The Morgan fingerprint density at radius 2 is 2.29 bits per heavy atom. The monoisotopic (exact) mass is 198 g/mol. The molecule has 0 radical (unpaired) electrons. The molecule has 1 aliphatic heterocycles. The summed E-state index contributed by atoms with van der Waals surface area (Å²) in [6, 6.07) is -0.122. The SMILES string of the molecule is O=C1NCCCN1CC1(C(=O)O)CC1. The number of hydrogen-bond acceptors (Lipinski definition) is 2. The molecule has 2 rings (SSSR count). The number of carbonyl (C=O) groups excluding carboxylic acids is 1. The van der Waals surface area contributed by atoms with Crippen LogP contribution in [0.2, 0.25) is 0 Å². The number of amides is 2. The number of nitrogens with zero attached hydrogens (tertiary/aromatic N) is 1. The lowest BCUT2D eigenvalue weighted by atomic mass is 10.1. The number of hydrogen-bond donors (Lipinski definition) is 2. The minimum Gasteiger partial charge on any atom is -0.481 e. The normalized spacial score (nSPS) is 24.3. The van der Waals surface area contributed by atoms with Crippen molar-refractivity contribution >= 4 is 12.0 Å². The Labute approximate surface area is 82.1 Å². The van der Waals surface area contributed by atoms with Crippen LogP contribution in [0.5, 0.6) is 0 Å². The van der Waals surface area contributed by atoms with Gasteiger partial charge in [-0.2, -0.15) is 0 Å². The fraction of sp³-hybridized carbons (Fsp3) is 0.778. The second kappa shape index (κ2) is 3.15. The van der Waals surface area contributed by atoms with Crippen molar-refractivity contribution < 1.29 is 14.7 Å². The molecule has 0 atom stereocenters. The molecule has 2 amide bonds. The van der Waals surface area contributed by atoms with Gasteiger partial charge in [-0.15, -0.1) is 0 Å². The lowest BCUT2D eigenvalue weighted by Crippen LogP contribution is -2.49. The summed E-state index contributed by atoms with van der Waals surface area (Å²) >= 11 is 0. The minimum absolute atomic E-state index is 0.122. The van der Waals surface area contributed by atoms with Gasteiger partial charge in [0.2, 0.25) is 0 Å². The largest absolute Gasteiger partial charge is 0.481 e. The van der Waals surface area contributed by atoms with E-state index >= 15 is 0 Å². The summed E-state index contributed by atoms with van der Waals surface area (Å²) in [6.45, 7) is 1.75. The van der Waals surface area contributed by atoms with E-state index in [0.29, 0.717) is 32.5 Å². The van der Waals surface area contributed by atoms with Crippen molar-refractivity contribution in [1.29, 1.82) is 0 Å². The summed E-state index contributed by atoms with van der Waals surface area (Å²) in [4.78, 5) is 23.9. The Kier molecular flexibility index (Phi) is 2.09. The molecular weight excluding hydrogens is 184 g/mol. The van der Waals surface area contributed by atoms with Gasteiger partial charge >= 0.3 is 12.0 Å². The third-order valence-electron chi connectivity index (χ3n) is 2.97. The maximum atomic E-state index is 11.3. The molecule has 1 heterocycles. The van der Waals surface area contributed by atoms with Crippen LogP contribution < -0.4 is 5.32 Å².